The first kappa shape index (κ1) is 14.3. The summed E-state index contributed by atoms with van der Waals surface area (Å²) in [5.74, 6) is 0.193. The van der Waals surface area contributed by atoms with Crippen LogP contribution in [0.4, 0.5) is 5.82 Å². The lowest BCUT2D eigenvalue weighted by molar-refractivity contribution is 0.0697. The molecule has 1 heterocycles. The summed E-state index contributed by atoms with van der Waals surface area (Å²) in [5, 5.41) is 12.1. The molecule has 0 saturated heterocycles. The first-order valence-electron chi connectivity index (χ1n) is 6.37. The van der Waals surface area contributed by atoms with Gasteiger partial charge in [-0.05, 0) is 47.2 Å². The summed E-state index contributed by atoms with van der Waals surface area (Å²) in [6, 6.07) is 1.54. The molecule has 0 radical (unpaired) electrons. The monoisotopic (exact) mass is 328 g/mol. The standard InChI is InChI=1S/C13H17BrN2O3/c14-10-6-11(13(17)18)12(16-7-10)15-4-1-5-19-8-9-2-3-9/h6-7,9H,1-5,8H2,(H,15,16)(H,17,18). The number of carboxylic acids is 1. The molecule has 0 amide bonds. The third-order valence-electron chi connectivity index (χ3n) is 2.89. The van der Waals surface area contributed by atoms with E-state index in [9.17, 15) is 4.79 Å². The van der Waals surface area contributed by atoms with Gasteiger partial charge in [-0.3, -0.25) is 0 Å². The molecule has 6 heteroatoms. The second-order valence-electron chi connectivity index (χ2n) is 4.65. The number of aromatic nitrogens is 1. The SMILES string of the molecule is O=C(O)c1cc(Br)cnc1NCCCOCC1CC1. The number of ether oxygens (including phenoxy) is 1. The average molecular weight is 329 g/mol. The van der Waals surface area contributed by atoms with Crippen molar-refractivity contribution in [1.82, 2.24) is 4.98 Å². The zero-order valence-corrected chi connectivity index (χ0v) is 12.1. The second kappa shape index (κ2) is 6.86. The van der Waals surface area contributed by atoms with E-state index < -0.39 is 5.97 Å². The van der Waals surface area contributed by atoms with Gasteiger partial charge in [0.2, 0.25) is 0 Å². The molecule has 0 unspecified atom stereocenters. The smallest absolute Gasteiger partial charge is 0.339 e. The number of nitrogens with one attached hydrogen (secondary N) is 1. The van der Waals surface area contributed by atoms with Gasteiger partial charge in [-0.1, -0.05) is 0 Å². The van der Waals surface area contributed by atoms with Gasteiger partial charge in [0.05, 0.1) is 0 Å². The van der Waals surface area contributed by atoms with Gasteiger partial charge in [0, 0.05) is 30.4 Å². The fraction of sp³-hybridized carbons (Fsp3) is 0.538. The second-order valence-corrected chi connectivity index (χ2v) is 5.57. The first-order chi connectivity index (χ1) is 9.16. The molecular formula is C13H17BrN2O3. The molecule has 0 aliphatic heterocycles. The number of anilines is 1. The molecule has 1 saturated carbocycles. The quantitative estimate of drug-likeness (QED) is 0.718. The van der Waals surface area contributed by atoms with E-state index in [2.05, 4.69) is 26.2 Å². The number of rotatable bonds is 8. The molecule has 0 aromatic carbocycles. The number of aromatic carboxylic acids is 1. The molecule has 0 bridgehead atoms. The Balaban J connectivity index is 1.73. The van der Waals surface area contributed by atoms with Crippen molar-refractivity contribution in [1.29, 1.82) is 0 Å². The summed E-state index contributed by atoms with van der Waals surface area (Å²) >= 11 is 3.21. The summed E-state index contributed by atoms with van der Waals surface area (Å²) in [7, 11) is 0. The summed E-state index contributed by atoms with van der Waals surface area (Å²) < 4.78 is 6.16. The van der Waals surface area contributed by atoms with E-state index in [0.717, 1.165) is 18.9 Å². The molecule has 1 aliphatic rings. The van der Waals surface area contributed by atoms with Crippen molar-refractivity contribution in [2.24, 2.45) is 5.92 Å². The van der Waals surface area contributed by atoms with Crippen LogP contribution in [0, 0.1) is 5.92 Å². The zero-order valence-electron chi connectivity index (χ0n) is 10.6. The predicted octanol–water partition coefficient (Wildman–Crippen LogP) is 2.77. The summed E-state index contributed by atoms with van der Waals surface area (Å²) in [4.78, 5) is 15.1. The lowest BCUT2D eigenvalue weighted by Crippen LogP contribution is -2.11. The van der Waals surface area contributed by atoms with E-state index in [1.807, 2.05) is 0 Å². The van der Waals surface area contributed by atoms with E-state index in [1.54, 1.807) is 12.3 Å². The summed E-state index contributed by atoms with van der Waals surface area (Å²) in [6.07, 6.45) is 5.01. The molecule has 5 nitrogen and oxygen atoms in total. The maximum atomic E-state index is 11.1. The van der Waals surface area contributed by atoms with Crippen LogP contribution in [-0.4, -0.2) is 35.8 Å². The fourth-order valence-electron chi connectivity index (χ4n) is 1.66. The minimum absolute atomic E-state index is 0.174. The number of nitrogens with zero attached hydrogens (tertiary/aromatic N) is 1. The van der Waals surface area contributed by atoms with Crippen LogP contribution in [0.3, 0.4) is 0 Å². The van der Waals surface area contributed by atoms with E-state index in [1.165, 1.54) is 12.8 Å². The van der Waals surface area contributed by atoms with Gasteiger partial charge in [0.15, 0.2) is 0 Å². The lowest BCUT2D eigenvalue weighted by Gasteiger charge is -2.09. The highest BCUT2D eigenvalue weighted by Gasteiger charge is 2.20. The van der Waals surface area contributed by atoms with Gasteiger partial charge in [-0.25, -0.2) is 9.78 Å². The largest absolute Gasteiger partial charge is 0.478 e. The van der Waals surface area contributed by atoms with Crippen LogP contribution in [-0.2, 0) is 4.74 Å². The van der Waals surface area contributed by atoms with Crippen LogP contribution in [0.15, 0.2) is 16.7 Å². The fourth-order valence-corrected chi connectivity index (χ4v) is 1.99. The van der Waals surface area contributed by atoms with Crippen molar-refractivity contribution >= 4 is 27.7 Å². The Hall–Kier alpha value is -1.14. The maximum absolute atomic E-state index is 11.1. The maximum Gasteiger partial charge on any atom is 0.339 e. The molecule has 0 spiro atoms. The van der Waals surface area contributed by atoms with Gasteiger partial charge in [0.25, 0.3) is 0 Å². The van der Waals surface area contributed by atoms with Gasteiger partial charge >= 0.3 is 5.97 Å². The Morgan fingerprint density at radius 1 is 1.58 bits per heavy atom. The van der Waals surface area contributed by atoms with Crippen LogP contribution >= 0.6 is 15.9 Å². The lowest BCUT2D eigenvalue weighted by atomic mass is 10.2. The molecule has 1 aromatic rings. The molecule has 19 heavy (non-hydrogen) atoms. The van der Waals surface area contributed by atoms with Crippen LogP contribution in [0.1, 0.15) is 29.6 Å². The number of pyridine rings is 1. The summed E-state index contributed by atoms with van der Waals surface area (Å²) in [5.41, 5.74) is 0.174. The third-order valence-corrected chi connectivity index (χ3v) is 3.33. The van der Waals surface area contributed by atoms with E-state index in [-0.39, 0.29) is 5.56 Å². The van der Waals surface area contributed by atoms with Crippen LogP contribution in [0.2, 0.25) is 0 Å². The minimum atomic E-state index is -0.985. The van der Waals surface area contributed by atoms with Gasteiger partial charge in [0.1, 0.15) is 11.4 Å². The molecule has 2 N–H and O–H groups in total. The normalized spacial score (nSPS) is 14.4. The Labute approximate surface area is 120 Å². The molecule has 1 aliphatic carbocycles. The number of carbonyl (C=O) groups is 1. The zero-order chi connectivity index (χ0) is 13.7. The molecule has 2 rings (SSSR count). The highest BCUT2D eigenvalue weighted by molar-refractivity contribution is 9.10. The topological polar surface area (TPSA) is 71.5 Å². The van der Waals surface area contributed by atoms with Gasteiger partial charge in [-0.15, -0.1) is 0 Å². The summed E-state index contributed by atoms with van der Waals surface area (Å²) in [6.45, 7) is 2.21. The Kier molecular flexibility index (Phi) is 5.15. The number of hydrogen-bond donors (Lipinski definition) is 2. The number of carboxylic acid groups (broad SMARTS) is 1. The van der Waals surface area contributed by atoms with E-state index in [4.69, 9.17) is 9.84 Å². The van der Waals surface area contributed by atoms with Crippen molar-refractivity contribution < 1.29 is 14.6 Å². The molecular weight excluding hydrogens is 312 g/mol. The molecule has 0 atom stereocenters. The van der Waals surface area contributed by atoms with Crippen LogP contribution in [0.5, 0.6) is 0 Å². The Morgan fingerprint density at radius 3 is 3.05 bits per heavy atom. The number of halogens is 1. The van der Waals surface area contributed by atoms with Crippen molar-refractivity contribution in [3.63, 3.8) is 0 Å². The van der Waals surface area contributed by atoms with Crippen LogP contribution < -0.4 is 5.32 Å². The molecule has 104 valence electrons. The van der Waals surface area contributed by atoms with Gasteiger partial charge in [-0.2, -0.15) is 0 Å². The van der Waals surface area contributed by atoms with Crippen molar-refractivity contribution in [2.75, 3.05) is 25.1 Å². The number of hydrogen-bond acceptors (Lipinski definition) is 4. The highest BCUT2D eigenvalue weighted by Crippen LogP contribution is 2.28. The van der Waals surface area contributed by atoms with E-state index >= 15 is 0 Å². The van der Waals surface area contributed by atoms with Gasteiger partial charge < -0.3 is 15.2 Å². The first-order valence-corrected chi connectivity index (χ1v) is 7.16. The Morgan fingerprint density at radius 2 is 2.37 bits per heavy atom. The minimum Gasteiger partial charge on any atom is -0.478 e. The van der Waals surface area contributed by atoms with Crippen molar-refractivity contribution in [2.45, 2.75) is 19.3 Å². The predicted molar refractivity (Wildman–Crippen MR) is 75.5 cm³/mol. The van der Waals surface area contributed by atoms with E-state index in [0.29, 0.717) is 23.4 Å². The third kappa shape index (κ3) is 4.80. The van der Waals surface area contributed by atoms with Crippen molar-refractivity contribution in [3.05, 3.63) is 22.3 Å². The Bertz CT molecular complexity index is 450. The van der Waals surface area contributed by atoms with Crippen molar-refractivity contribution in [3.8, 4) is 0 Å². The molecule has 1 fully saturated rings. The molecule has 1 aromatic heterocycles. The van der Waals surface area contributed by atoms with Crippen LogP contribution in [0.25, 0.3) is 0 Å². The average Bonchev–Trinajstić information content (AvgIpc) is 3.19. The highest BCUT2D eigenvalue weighted by atomic mass is 79.9.